The zero-order chi connectivity index (χ0) is 17.4. The summed E-state index contributed by atoms with van der Waals surface area (Å²) >= 11 is 1.70. The number of nitrogens with one attached hydrogen (secondary N) is 1. The van der Waals surface area contributed by atoms with E-state index in [4.69, 9.17) is 5.11 Å². The van der Waals surface area contributed by atoms with Crippen LogP contribution in [0.5, 0.6) is 0 Å². The molecule has 0 bridgehead atoms. The molecule has 0 unspecified atom stereocenters. The van der Waals surface area contributed by atoms with Crippen LogP contribution in [0.15, 0.2) is 64.6 Å². The van der Waals surface area contributed by atoms with Crippen LogP contribution in [0.1, 0.15) is 18.4 Å². The molecule has 1 aliphatic carbocycles. The predicted molar refractivity (Wildman–Crippen MR) is 107 cm³/mol. The van der Waals surface area contributed by atoms with Crippen LogP contribution in [0.3, 0.4) is 0 Å². The highest BCUT2D eigenvalue weighted by Crippen LogP contribution is 2.33. The van der Waals surface area contributed by atoms with Crippen molar-refractivity contribution in [2.24, 2.45) is 0 Å². The Balaban J connectivity index is 1.94. The zero-order valence-electron chi connectivity index (χ0n) is 14.5. The Morgan fingerprint density at radius 3 is 2.67 bits per heavy atom. The molecule has 128 valence electrons. The normalized spacial score (nSPS) is 14.3. The first kappa shape index (κ1) is 18.4. The minimum absolute atomic E-state index is 0.161. The molecule has 0 spiro atoms. The van der Waals surface area contributed by atoms with Gasteiger partial charge in [0, 0.05) is 41.8 Å². The molecule has 1 aromatic carbocycles. The third-order valence-corrected chi connectivity index (χ3v) is 4.86. The van der Waals surface area contributed by atoms with E-state index >= 15 is 0 Å². The maximum absolute atomic E-state index is 8.99. The molecule has 2 N–H and O–H groups in total. The summed E-state index contributed by atoms with van der Waals surface area (Å²) in [5.41, 5.74) is 3.43. The fourth-order valence-electron chi connectivity index (χ4n) is 2.46. The number of aliphatic hydroxyl groups excluding tert-OH is 1. The van der Waals surface area contributed by atoms with E-state index < -0.39 is 0 Å². The van der Waals surface area contributed by atoms with Gasteiger partial charge in [0.2, 0.25) is 0 Å². The number of benzene rings is 1. The molecular weight excluding hydrogens is 316 g/mol. The maximum Gasteiger partial charge on any atom is 0.0606 e. The third-order valence-electron chi connectivity index (χ3n) is 3.85. The number of nitrogens with zero attached hydrogens (tertiary/aromatic N) is 1. The van der Waals surface area contributed by atoms with Crippen LogP contribution >= 0.6 is 11.8 Å². The number of rotatable bonds is 8. The molecular formula is C20H26N2OS. The van der Waals surface area contributed by atoms with Gasteiger partial charge < -0.3 is 15.3 Å². The molecule has 0 fully saturated rings. The Kier molecular flexibility index (Phi) is 7.22. The van der Waals surface area contributed by atoms with Crippen molar-refractivity contribution in [1.29, 1.82) is 0 Å². The summed E-state index contributed by atoms with van der Waals surface area (Å²) < 4.78 is 0. The maximum atomic E-state index is 8.99. The van der Waals surface area contributed by atoms with Crippen molar-refractivity contribution in [3.63, 3.8) is 0 Å². The van der Waals surface area contributed by atoms with Gasteiger partial charge in [-0.15, -0.1) is 0 Å². The number of aliphatic hydroxyl groups is 1. The molecule has 0 saturated carbocycles. The smallest absolute Gasteiger partial charge is 0.0606 e. The van der Waals surface area contributed by atoms with Gasteiger partial charge in [-0.2, -0.15) is 0 Å². The molecule has 1 aliphatic rings. The number of hydrogen-bond acceptors (Lipinski definition) is 4. The van der Waals surface area contributed by atoms with E-state index in [2.05, 4.69) is 60.5 Å². The van der Waals surface area contributed by atoms with E-state index in [9.17, 15) is 0 Å². The molecule has 0 aromatic heterocycles. The zero-order valence-corrected chi connectivity index (χ0v) is 15.3. The van der Waals surface area contributed by atoms with Crippen molar-refractivity contribution in [2.75, 3.05) is 32.1 Å². The summed E-state index contributed by atoms with van der Waals surface area (Å²) in [5, 5.41) is 12.2. The monoisotopic (exact) mass is 342 g/mol. The number of likely N-dealkylation sites (N-methyl/N-ethyl adjacent to an activating group) is 2. The molecule has 0 atom stereocenters. The van der Waals surface area contributed by atoms with Crippen molar-refractivity contribution in [2.45, 2.75) is 12.8 Å². The second-order valence-electron chi connectivity index (χ2n) is 5.65. The van der Waals surface area contributed by atoms with Crippen molar-refractivity contribution < 1.29 is 5.11 Å². The summed E-state index contributed by atoms with van der Waals surface area (Å²) in [5.74, 6) is 0. The largest absolute Gasteiger partial charge is 0.395 e. The first-order valence-corrected chi connectivity index (χ1v) is 9.01. The van der Waals surface area contributed by atoms with E-state index in [0.717, 1.165) is 29.0 Å². The molecule has 2 rings (SSSR count). The van der Waals surface area contributed by atoms with E-state index in [0.29, 0.717) is 6.54 Å². The highest BCUT2D eigenvalue weighted by atomic mass is 32.2. The lowest BCUT2D eigenvalue weighted by molar-refractivity contribution is 0.304. The Bertz CT molecular complexity index is 644. The molecule has 0 aliphatic heterocycles. The number of thioether (sulfide) groups is 1. The summed E-state index contributed by atoms with van der Waals surface area (Å²) in [7, 11) is 3.93. The van der Waals surface area contributed by atoms with E-state index in [1.54, 1.807) is 11.8 Å². The lowest BCUT2D eigenvalue weighted by atomic mass is 10.1. The van der Waals surface area contributed by atoms with Gasteiger partial charge in [-0.25, -0.2) is 0 Å². The van der Waals surface area contributed by atoms with Gasteiger partial charge >= 0.3 is 0 Å². The fourth-order valence-corrected chi connectivity index (χ4v) is 3.37. The summed E-state index contributed by atoms with van der Waals surface area (Å²) in [4.78, 5) is 4.30. The molecule has 1 aromatic rings. The Hall–Kier alpha value is -1.91. The fraction of sp³-hybridized carbons (Fsp3) is 0.300. The molecule has 4 heteroatoms. The minimum atomic E-state index is 0.161. The summed E-state index contributed by atoms with van der Waals surface area (Å²) in [6, 6.07) is 8.29. The number of anilines is 1. The summed E-state index contributed by atoms with van der Waals surface area (Å²) in [6.45, 7) is 4.95. The third kappa shape index (κ3) is 5.32. The van der Waals surface area contributed by atoms with Crippen LogP contribution in [0.25, 0.3) is 6.08 Å². The lowest BCUT2D eigenvalue weighted by Crippen LogP contribution is -2.20. The first-order valence-electron chi connectivity index (χ1n) is 8.19. The van der Waals surface area contributed by atoms with Gasteiger partial charge in [-0.3, -0.25) is 0 Å². The van der Waals surface area contributed by atoms with Crippen LogP contribution < -0.4 is 10.2 Å². The highest BCUT2D eigenvalue weighted by Gasteiger charge is 2.08. The standard InChI is InChI=1S/C20H26N2OS/c1-16(24-20-7-5-4-6-19(20)21-2)8-9-17-10-12-18(13-11-17)22(3)14-15-23/h6-13,21,23H,1,4-5,14-15H2,2-3H3/b9-8+. The van der Waals surface area contributed by atoms with Crippen LogP contribution in [0.2, 0.25) is 0 Å². The number of allylic oxidation sites excluding steroid dienone is 3. The lowest BCUT2D eigenvalue weighted by Gasteiger charge is -2.17. The Labute approximate surface area is 149 Å². The predicted octanol–water partition coefficient (Wildman–Crippen LogP) is 4.16. The van der Waals surface area contributed by atoms with Gasteiger partial charge in [0.05, 0.1) is 6.61 Å². The number of hydrogen-bond donors (Lipinski definition) is 2. The molecule has 3 nitrogen and oxygen atoms in total. The van der Waals surface area contributed by atoms with Gasteiger partial charge in [0.25, 0.3) is 0 Å². The second-order valence-corrected chi connectivity index (χ2v) is 6.82. The average Bonchev–Trinajstić information content (AvgIpc) is 2.61. The Morgan fingerprint density at radius 2 is 2.00 bits per heavy atom. The van der Waals surface area contributed by atoms with Gasteiger partial charge in [0.1, 0.15) is 0 Å². The van der Waals surface area contributed by atoms with Crippen LogP contribution in [0, 0.1) is 0 Å². The van der Waals surface area contributed by atoms with Crippen LogP contribution in [-0.2, 0) is 0 Å². The van der Waals surface area contributed by atoms with E-state index in [1.807, 2.05) is 19.0 Å². The quantitative estimate of drug-likeness (QED) is 0.696. The van der Waals surface area contributed by atoms with Crippen molar-refractivity contribution in [3.8, 4) is 0 Å². The molecule has 0 radical (unpaired) electrons. The van der Waals surface area contributed by atoms with Crippen molar-refractivity contribution in [3.05, 3.63) is 70.1 Å². The van der Waals surface area contributed by atoms with E-state index in [1.165, 1.54) is 10.6 Å². The van der Waals surface area contributed by atoms with Gasteiger partial charge in [-0.05, 0) is 36.6 Å². The SMILES string of the molecule is C=C(/C=C/c1ccc(N(C)CCO)cc1)SC1=CCCC=C1NC. The van der Waals surface area contributed by atoms with Crippen molar-refractivity contribution >= 4 is 23.5 Å². The molecule has 0 heterocycles. The summed E-state index contributed by atoms with van der Waals surface area (Å²) in [6.07, 6.45) is 10.8. The molecule has 24 heavy (non-hydrogen) atoms. The van der Waals surface area contributed by atoms with Crippen molar-refractivity contribution in [1.82, 2.24) is 5.32 Å². The molecule has 0 amide bonds. The molecule has 0 saturated heterocycles. The minimum Gasteiger partial charge on any atom is -0.395 e. The highest BCUT2D eigenvalue weighted by molar-refractivity contribution is 8.07. The average molecular weight is 343 g/mol. The van der Waals surface area contributed by atoms with Crippen LogP contribution in [0.4, 0.5) is 5.69 Å². The van der Waals surface area contributed by atoms with E-state index in [-0.39, 0.29) is 6.61 Å². The van der Waals surface area contributed by atoms with Gasteiger partial charge in [0.15, 0.2) is 0 Å². The topological polar surface area (TPSA) is 35.5 Å². The van der Waals surface area contributed by atoms with Gasteiger partial charge in [-0.1, -0.05) is 48.7 Å². The first-order chi connectivity index (χ1) is 11.6. The van der Waals surface area contributed by atoms with Crippen LogP contribution in [-0.4, -0.2) is 32.4 Å². The second kappa shape index (κ2) is 9.40. The Morgan fingerprint density at radius 1 is 1.29 bits per heavy atom.